The molecule has 1 fully saturated rings. The van der Waals surface area contributed by atoms with Crippen molar-refractivity contribution >= 4 is 16.8 Å². The van der Waals surface area contributed by atoms with E-state index in [1.165, 1.54) is 11.9 Å². The fourth-order valence-electron chi connectivity index (χ4n) is 3.51. The van der Waals surface area contributed by atoms with Gasteiger partial charge in [-0.15, -0.1) is 6.42 Å². The second-order valence-corrected chi connectivity index (χ2v) is 7.52. The molecule has 1 N–H and O–H groups in total. The summed E-state index contributed by atoms with van der Waals surface area (Å²) in [5, 5.41) is 9.84. The van der Waals surface area contributed by atoms with E-state index in [1.807, 2.05) is 50.2 Å². The van der Waals surface area contributed by atoms with Gasteiger partial charge >= 0.3 is 0 Å². The summed E-state index contributed by atoms with van der Waals surface area (Å²) in [7, 11) is 1.58. The first kappa shape index (κ1) is 23.0. The van der Waals surface area contributed by atoms with Crippen molar-refractivity contribution in [3.05, 3.63) is 59.5 Å². The Kier molecular flexibility index (Phi) is 7.63. The van der Waals surface area contributed by atoms with Gasteiger partial charge < -0.3 is 19.5 Å². The number of hydrogen-bond donors (Lipinski definition) is 1. The first-order chi connectivity index (χ1) is 15.4. The number of amides is 1. The second-order valence-electron chi connectivity index (χ2n) is 7.52. The summed E-state index contributed by atoms with van der Waals surface area (Å²) in [6.45, 7) is 4.52. The number of fused-ring (bicyclic) bond motifs is 1. The molecule has 0 aliphatic carbocycles. The van der Waals surface area contributed by atoms with Crippen LogP contribution in [0.5, 0.6) is 11.5 Å². The molecule has 1 aliphatic rings. The van der Waals surface area contributed by atoms with Crippen LogP contribution in [0.25, 0.3) is 10.9 Å². The van der Waals surface area contributed by atoms with Gasteiger partial charge in [-0.1, -0.05) is 18.1 Å². The first-order valence-corrected chi connectivity index (χ1v) is 10.3. The van der Waals surface area contributed by atoms with Crippen molar-refractivity contribution in [1.82, 2.24) is 14.9 Å². The van der Waals surface area contributed by atoms with E-state index in [1.54, 1.807) is 12.0 Å². The largest absolute Gasteiger partial charge is 0.493 e. The van der Waals surface area contributed by atoms with Crippen molar-refractivity contribution < 1.29 is 19.4 Å². The van der Waals surface area contributed by atoms with E-state index in [9.17, 15) is 4.79 Å². The first-order valence-electron chi connectivity index (χ1n) is 10.3. The van der Waals surface area contributed by atoms with Gasteiger partial charge in [0.25, 0.3) is 0 Å². The monoisotopic (exact) mass is 433 g/mol. The molecule has 2 heterocycles. The summed E-state index contributed by atoms with van der Waals surface area (Å²) in [5.74, 6) is 3.51. The van der Waals surface area contributed by atoms with E-state index in [0.717, 1.165) is 28.6 Å². The molecule has 3 aromatic rings. The van der Waals surface area contributed by atoms with Gasteiger partial charge in [-0.3, -0.25) is 4.79 Å². The molecule has 32 heavy (non-hydrogen) atoms. The number of aryl methyl sites for hydroxylation is 2. The highest BCUT2D eigenvalue weighted by molar-refractivity contribution is 5.84. The number of rotatable bonds is 4. The van der Waals surface area contributed by atoms with Crippen LogP contribution in [0.15, 0.2) is 42.7 Å². The summed E-state index contributed by atoms with van der Waals surface area (Å²) >= 11 is 0. The van der Waals surface area contributed by atoms with E-state index >= 15 is 0 Å². The number of nitrogens with zero attached hydrogens (tertiary/aromatic N) is 3. The Bertz CT molecular complexity index is 1140. The molecule has 1 amide bonds. The number of hydrogen-bond acceptors (Lipinski definition) is 6. The molecule has 7 heteroatoms. The normalized spacial score (nSPS) is 15.0. The van der Waals surface area contributed by atoms with Crippen molar-refractivity contribution in [3.63, 3.8) is 0 Å². The summed E-state index contributed by atoms with van der Waals surface area (Å²) < 4.78 is 11.4. The van der Waals surface area contributed by atoms with Crippen molar-refractivity contribution in [2.24, 2.45) is 0 Å². The van der Waals surface area contributed by atoms with Gasteiger partial charge in [0.2, 0.25) is 5.91 Å². The molecule has 0 bridgehead atoms. The molecule has 7 nitrogen and oxygen atoms in total. The maximum atomic E-state index is 11.5. The highest BCUT2D eigenvalue weighted by Gasteiger charge is 2.28. The lowest BCUT2D eigenvalue weighted by Gasteiger charge is -2.18. The third-order valence-corrected chi connectivity index (χ3v) is 5.23. The van der Waals surface area contributed by atoms with Crippen LogP contribution in [-0.2, 0) is 4.79 Å². The lowest BCUT2D eigenvalue weighted by atomic mass is 10.1. The van der Waals surface area contributed by atoms with Crippen molar-refractivity contribution in [2.75, 3.05) is 26.8 Å². The zero-order chi connectivity index (χ0) is 23.1. The molecule has 1 unspecified atom stereocenters. The summed E-state index contributed by atoms with van der Waals surface area (Å²) in [6.07, 6.45) is 7.29. The topological polar surface area (TPSA) is 84.8 Å². The van der Waals surface area contributed by atoms with Crippen molar-refractivity contribution in [3.8, 4) is 23.8 Å². The van der Waals surface area contributed by atoms with Gasteiger partial charge in [0.1, 0.15) is 19.0 Å². The molecule has 1 atom stereocenters. The molecule has 1 aliphatic heterocycles. The Balaban J connectivity index is 0.000000269. The maximum absolute atomic E-state index is 11.5. The number of likely N-dealkylation sites (tertiary alicyclic amines) is 1. The number of carbonyl (C=O) groups is 1. The Morgan fingerprint density at radius 1 is 1.25 bits per heavy atom. The average Bonchev–Trinajstić information content (AvgIpc) is 3.27. The van der Waals surface area contributed by atoms with Gasteiger partial charge in [-0.05, 0) is 37.6 Å². The highest BCUT2D eigenvalue weighted by Crippen LogP contribution is 2.34. The standard InChI is InChI=1S/C16H19N3O4.C9H8/c1-10-12-5-15(14(22-2)6-13(12)18-9-17-10)23-11-3-4-19(7-11)16(21)8-20;1-3-9-6-4-5-8(2)7-9/h5-6,9,11,20H,3-4,7-8H2,1-2H3;1,4-7H,2H3. The average molecular weight is 434 g/mol. The molecular weight excluding hydrogens is 406 g/mol. The van der Waals surface area contributed by atoms with E-state index in [2.05, 4.69) is 15.9 Å². The van der Waals surface area contributed by atoms with Gasteiger partial charge in [-0.25, -0.2) is 9.97 Å². The Labute approximate surface area is 188 Å². The highest BCUT2D eigenvalue weighted by atomic mass is 16.5. The Morgan fingerprint density at radius 2 is 2.06 bits per heavy atom. The number of methoxy groups -OCH3 is 1. The molecule has 2 aromatic carbocycles. The number of aliphatic hydroxyl groups excluding tert-OH is 1. The lowest BCUT2D eigenvalue weighted by molar-refractivity contribution is -0.133. The summed E-state index contributed by atoms with van der Waals surface area (Å²) in [5.41, 5.74) is 3.83. The number of terminal acetylenes is 1. The Morgan fingerprint density at radius 3 is 2.72 bits per heavy atom. The minimum absolute atomic E-state index is 0.123. The van der Waals surface area contributed by atoms with Gasteiger partial charge in [-0.2, -0.15) is 0 Å². The van der Waals surface area contributed by atoms with Crippen molar-refractivity contribution in [1.29, 1.82) is 0 Å². The van der Waals surface area contributed by atoms with Crippen LogP contribution in [0.3, 0.4) is 0 Å². The fraction of sp³-hybridized carbons (Fsp3) is 0.320. The van der Waals surface area contributed by atoms with Crippen LogP contribution in [0.1, 0.15) is 23.2 Å². The number of ether oxygens (including phenoxy) is 2. The van der Waals surface area contributed by atoms with Crippen LogP contribution in [0.2, 0.25) is 0 Å². The molecule has 1 aromatic heterocycles. The zero-order valence-corrected chi connectivity index (χ0v) is 18.5. The van der Waals surface area contributed by atoms with Crippen LogP contribution in [0.4, 0.5) is 0 Å². The SMILES string of the molecule is C#Cc1cccc(C)c1.COc1cc2ncnc(C)c2cc1OC1CCN(C(=O)CO)C1. The molecule has 166 valence electrons. The summed E-state index contributed by atoms with van der Waals surface area (Å²) in [6, 6.07) is 11.6. The van der Waals surface area contributed by atoms with Crippen LogP contribution in [0, 0.1) is 26.2 Å². The number of benzene rings is 2. The van der Waals surface area contributed by atoms with Gasteiger partial charge in [0.15, 0.2) is 11.5 Å². The predicted molar refractivity (Wildman–Crippen MR) is 123 cm³/mol. The van der Waals surface area contributed by atoms with E-state index < -0.39 is 6.61 Å². The number of aromatic nitrogens is 2. The smallest absolute Gasteiger partial charge is 0.248 e. The molecular formula is C25H27N3O4. The molecule has 4 rings (SSSR count). The van der Waals surface area contributed by atoms with Crippen molar-refractivity contribution in [2.45, 2.75) is 26.4 Å². The fourth-order valence-corrected chi connectivity index (χ4v) is 3.51. The van der Waals surface area contributed by atoms with E-state index in [4.69, 9.17) is 21.0 Å². The Hall–Kier alpha value is -3.63. The van der Waals surface area contributed by atoms with Crippen LogP contribution in [-0.4, -0.2) is 58.8 Å². The number of carbonyl (C=O) groups excluding carboxylic acids is 1. The quantitative estimate of drug-likeness (QED) is 0.637. The predicted octanol–water partition coefficient (Wildman–Crippen LogP) is 2.90. The van der Waals surface area contributed by atoms with Gasteiger partial charge in [0, 0.05) is 35.7 Å². The third kappa shape index (κ3) is 5.54. The second kappa shape index (κ2) is 10.6. The summed E-state index contributed by atoms with van der Waals surface area (Å²) in [4.78, 5) is 21.6. The maximum Gasteiger partial charge on any atom is 0.248 e. The van der Waals surface area contributed by atoms with Gasteiger partial charge in [0.05, 0.1) is 19.2 Å². The minimum Gasteiger partial charge on any atom is -0.493 e. The minimum atomic E-state index is -0.470. The number of aliphatic hydroxyl groups is 1. The van der Waals surface area contributed by atoms with E-state index in [-0.39, 0.29) is 12.0 Å². The van der Waals surface area contributed by atoms with Crippen LogP contribution >= 0.6 is 0 Å². The lowest BCUT2D eigenvalue weighted by Crippen LogP contribution is -2.32. The third-order valence-electron chi connectivity index (χ3n) is 5.23. The molecule has 1 saturated heterocycles. The van der Waals surface area contributed by atoms with E-state index in [0.29, 0.717) is 24.6 Å². The van der Waals surface area contributed by atoms with Crippen LogP contribution < -0.4 is 9.47 Å². The molecule has 0 spiro atoms. The zero-order valence-electron chi connectivity index (χ0n) is 18.5. The molecule has 0 saturated carbocycles. The molecule has 0 radical (unpaired) electrons.